The maximum atomic E-state index is 12.0. The minimum absolute atomic E-state index is 0.121. The lowest BCUT2D eigenvalue weighted by atomic mass is 10.2. The Morgan fingerprint density at radius 1 is 0.966 bits per heavy atom. The van der Waals surface area contributed by atoms with E-state index in [1.165, 1.54) is 13.2 Å². The summed E-state index contributed by atoms with van der Waals surface area (Å²) in [6, 6.07) is 9.84. The fourth-order valence-corrected chi connectivity index (χ4v) is 2.64. The van der Waals surface area contributed by atoms with Gasteiger partial charge in [-0.25, -0.2) is 0 Å². The lowest BCUT2D eigenvalue weighted by Crippen LogP contribution is -2.21. The summed E-state index contributed by atoms with van der Waals surface area (Å²) in [5.41, 5.74) is 1.77. The summed E-state index contributed by atoms with van der Waals surface area (Å²) in [5.74, 6) is -1.15. The third-order valence-corrected chi connectivity index (χ3v) is 4.45. The molecule has 0 atom stereocenters. The number of esters is 1. The highest BCUT2D eigenvalue weighted by molar-refractivity contribution is 6.31. The number of rotatable bonds is 8. The molecule has 2 aromatic carbocycles. The third-order valence-electron chi connectivity index (χ3n) is 3.81. The monoisotopic (exact) mass is 438 g/mol. The SMILES string of the molecule is COc1ccc(Cl)cc1NC(=O)CCC(=O)OCC(=O)Nc1ccc(C)c(Cl)c1. The Labute approximate surface area is 178 Å². The van der Waals surface area contributed by atoms with Crippen LogP contribution in [-0.2, 0) is 19.1 Å². The van der Waals surface area contributed by atoms with E-state index in [2.05, 4.69) is 10.6 Å². The number of halogens is 2. The first-order valence-electron chi connectivity index (χ1n) is 8.63. The van der Waals surface area contributed by atoms with Crippen LogP contribution in [0, 0.1) is 6.92 Å². The minimum atomic E-state index is -0.671. The van der Waals surface area contributed by atoms with Gasteiger partial charge in [0.05, 0.1) is 19.2 Å². The van der Waals surface area contributed by atoms with Crippen LogP contribution in [0.2, 0.25) is 10.0 Å². The van der Waals surface area contributed by atoms with Gasteiger partial charge >= 0.3 is 5.97 Å². The molecule has 0 heterocycles. The quantitative estimate of drug-likeness (QED) is 0.601. The van der Waals surface area contributed by atoms with Crippen LogP contribution in [0.25, 0.3) is 0 Å². The first kappa shape index (κ1) is 22.5. The molecule has 0 bridgehead atoms. The van der Waals surface area contributed by atoms with Crippen LogP contribution < -0.4 is 15.4 Å². The molecule has 0 aromatic heterocycles. The smallest absolute Gasteiger partial charge is 0.306 e. The van der Waals surface area contributed by atoms with Crippen molar-refractivity contribution in [2.75, 3.05) is 24.4 Å². The molecule has 2 N–H and O–H groups in total. The molecule has 0 radical (unpaired) electrons. The number of amides is 2. The molecule has 7 nitrogen and oxygen atoms in total. The number of benzene rings is 2. The fourth-order valence-electron chi connectivity index (χ4n) is 2.29. The second-order valence-electron chi connectivity index (χ2n) is 6.07. The highest BCUT2D eigenvalue weighted by Crippen LogP contribution is 2.27. The summed E-state index contributed by atoms with van der Waals surface area (Å²) in [5, 5.41) is 6.14. The number of anilines is 2. The van der Waals surface area contributed by atoms with Crippen molar-refractivity contribution in [1.82, 2.24) is 0 Å². The predicted octanol–water partition coefficient (Wildman–Crippen LogP) is 4.21. The molecule has 154 valence electrons. The number of aryl methyl sites for hydroxylation is 1. The Morgan fingerprint density at radius 2 is 1.72 bits per heavy atom. The number of hydrogen-bond acceptors (Lipinski definition) is 5. The van der Waals surface area contributed by atoms with E-state index >= 15 is 0 Å². The molecule has 2 rings (SSSR count). The predicted molar refractivity (Wildman–Crippen MR) is 112 cm³/mol. The van der Waals surface area contributed by atoms with Gasteiger partial charge in [0.1, 0.15) is 5.75 Å². The number of nitrogens with one attached hydrogen (secondary N) is 2. The van der Waals surface area contributed by atoms with Gasteiger partial charge in [-0.3, -0.25) is 14.4 Å². The lowest BCUT2D eigenvalue weighted by molar-refractivity contribution is -0.147. The topological polar surface area (TPSA) is 93.7 Å². The Morgan fingerprint density at radius 3 is 2.41 bits per heavy atom. The Hall–Kier alpha value is -2.77. The highest BCUT2D eigenvalue weighted by Gasteiger charge is 2.13. The Balaban J connectivity index is 1.75. The van der Waals surface area contributed by atoms with E-state index in [1.54, 1.807) is 30.3 Å². The Kier molecular flexibility index (Phi) is 8.30. The van der Waals surface area contributed by atoms with Crippen LogP contribution >= 0.6 is 23.2 Å². The van der Waals surface area contributed by atoms with E-state index in [9.17, 15) is 14.4 Å². The van der Waals surface area contributed by atoms with E-state index < -0.39 is 24.4 Å². The summed E-state index contributed by atoms with van der Waals surface area (Å²) in [4.78, 5) is 35.7. The first-order valence-corrected chi connectivity index (χ1v) is 9.39. The van der Waals surface area contributed by atoms with Gasteiger partial charge < -0.3 is 20.1 Å². The summed E-state index contributed by atoms with van der Waals surface area (Å²) < 4.78 is 10.0. The van der Waals surface area contributed by atoms with E-state index in [1.807, 2.05) is 6.92 Å². The standard InChI is InChI=1S/C20H20Cl2N2O5/c1-12-3-5-14(10-15(12)22)23-19(26)11-29-20(27)8-7-18(25)24-16-9-13(21)4-6-17(16)28-2/h3-6,9-10H,7-8,11H2,1-2H3,(H,23,26)(H,24,25). The summed E-state index contributed by atoms with van der Waals surface area (Å²) in [7, 11) is 1.46. The second kappa shape index (κ2) is 10.7. The van der Waals surface area contributed by atoms with Crippen LogP contribution in [0.5, 0.6) is 5.75 Å². The molecule has 0 unspecified atom stereocenters. The summed E-state index contributed by atoms with van der Waals surface area (Å²) in [6.45, 7) is 1.38. The zero-order valence-corrected chi connectivity index (χ0v) is 17.4. The van der Waals surface area contributed by atoms with Crippen molar-refractivity contribution in [2.24, 2.45) is 0 Å². The Bertz CT molecular complexity index is 918. The number of carbonyl (C=O) groups is 3. The molecule has 0 aliphatic carbocycles. The second-order valence-corrected chi connectivity index (χ2v) is 6.91. The minimum Gasteiger partial charge on any atom is -0.495 e. The lowest BCUT2D eigenvalue weighted by Gasteiger charge is -2.10. The van der Waals surface area contributed by atoms with Crippen molar-refractivity contribution in [2.45, 2.75) is 19.8 Å². The van der Waals surface area contributed by atoms with Crippen LogP contribution in [-0.4, -0.2) is 31.5 Å². The molecule has 2 amide bonds. The zero-order chi connectivity index (χ0) is 21.4. The third kappa shape index (κ3) is 7.29. The molecule has 0 aliphatic heterocycles. The summed E-state index contributed by atoms with van der Waals surface area (Å²) in [6.07, 6.45) is -0.304. The maximum Gasteiger partial charge on any atom is 0.306 e. The average molecular weight is 439 g/mol. The van der Waals surface area contributed by atoms with E-state index in [0.29, 0.717) is 27.2 Å². The van der Waals surface area contributed by atoms with Crippen molar-refractivity contribution in [3.63, 3.8) is 0 Å². The molecule has 0 saturated heterocycles. The summed E-state index contributed by atoms with van der Waals surface area (Å²) >= 11 is 11.9. The first-order chi connectivity index (χ1) is 13.8. The zero-order valence-electron chi connectivity index (χ0n) is 15.9. The molecule has 2 aromatic rings. The average Bonchev–Trinajstić information content (AvgIpc) is 2.68. The molecular weight excluding hydrogens is 419 g/mol. The van der Waals surface area contributed by atoms with Gasteiger partial charge in [-0.05, 0) is 42.8 Å². The largest absolute Gasteiger partial charge is 0.495 e. The normalized spacial score (nSPS) is 10.2. The van der Waals surface area contributed by atoms with E-state index in [0.717, 1.165) is 5.56 Å². The van der Waals surface area contributed by atoms with Crippen molar-refractivity contribution >= 4 is 52.4 Å². The van der Waals surface area contributed by atoms with Crippen LogP contribution in [0.1, 0.15) is 18.4 Å². The molecule has 29 heavy (non-hydrogen) atoms. The van der Waals surface area contributed by atoms with Crippen molar-refractivity contribution in [1.29, 1.82) is 0 Å². The van der Waals surface area contributed by atoms with Gasteiger partial charge in [0, 0.05) is 22.2 Å². The molecule has 0 aliphatic rings. The molecule has 9 heteroatoms. The van der Waals surface area contributed by atoms with Crippen molar-refractivity contribution < 1.29 is 23.9 Å². The van der Waals surface area contributed by atoms with Gasteiger partial charge in [0.25, 0.3) is 5.91 Å². The molecule has 0 saturated carbocycles. The molecular formula is C20H20Cl2N2O5. The van der Waals surface area contributed by atoms with Gasteiger partial charge in [0.15, 0.2) is 6.61 Å². The van der Waals surface area contributed by atoms with E-state index in [4.69, 9.17) is 32.7 Å². The van der Waals surface area contributed by atoms with Gasteiger partial charge in [-0.2, -0.15) is 0 Å². The molecule has 0 spiro atoms. The number of methoxy groups -OCH3 is 1. The van der Waals surface area contributed by atoms with Crippen LogP contribution in [0.4, 0.5) is 11.4 Å². The van der Waals surface area contributed by atoms with Crippen LogP contribution in [0.3, 0.4) is 0 Å². The van der Waals surface area contributed by atoms with Gasteiger partial charge in [0.2, 0.25) is 5.91 Å². The van der Waals surface area contributed by atoms with Gasteiger partial charge in [-0.15, -0.1) is 0 Å². The highest BCUT2D eigenvalue weighted by atomic mass is 35.5. The number of hydrogen-bond donors (Lipinski definition) is 2. The van der Waals surface area contributed by atoms with E-state index in [-0.39, 0.29) is 12.8 Å². The number of ether oxygens (including phenoxy) is 2. The number of carbonyl (C=O) groups excluding carboxylic acids is 3. The molecule has 0 fully saturated rings. The maximum absolute atomic E-state index is 12.0. The fraction of sp³-hybridized carbons (Fsp3) is 0.250. The van der Waals surface area contributed by atoms with Crippen molar-refractivity contribution in [3.8, 4) is 5.75 Å². The van der Waals surface area contributed by atoms with Crippen molar-refractivity contribution in [3.05, 3.63) is 52.0 Å². The van der Waals surface area contributed by atoms with Crippen LogP contribution in [0.15, 0.2) is 36.4 Å². The van der Waals surface area contributed by atoms with Gasteiger partial charge in [-0.1, -0.05) is 29.3 Å².